The van der Waals surface area contributed by atoms with Gasteiger partial charge in [-0.2, -0.15) is 0 Å². The molecule has 0 amide bonds. The van der Waals surface area contributed by atoms with Crippen molar-refractivity contribution in [2.24, 2.45) is 0 Å². The van der Waals surface area contributed by atoms with Gasteiger partial charge in [-0.05, 0) is 19.1 Å². The van der Waals surface area contributed by atoms with E-state index in [1.165, 1.54) is 5.69 Å². The molecule has 60 valence electrons. The number of aromatic nitrogens is 2. The molecule has 0 saturated heterocycles. The normalized spacial score (nSPS) is 13.8. The lowest BCUT2D eigenvalue weighted by molar-refractivity contribution is 1.10. The quantitative estimate of drug-likeness (QED) is 0.632. The van der Waals surface area contributed by atoms with Crippen LogP contribution < -0.4 is 5.32 Å². The average Bonchev–Trinajstić information content (AvgIpc) is 2.60. The minimum atomic E-state index is 0.909. The van der Waals surface area contributed by atoms with Gasteiger partial charge in [-0.1, -0.05) is 6.07 Å². The second kappa shape index (κ2) is 1.80. The van der Waals surface area contributed by atoms with Crippen LogP contribution in [0.4, 0.5) is 5.82 Å². The molecule has 0 atom stereocenters. The molecule has 0 aromatic carbocycles. The lowest BCUT2D eigenvalue weighted by Crippen LogP contribution is -1.92. The zero-order chi connectivity index (χ0) is 8.13. The second-order valence-corrected chi connectivity index (χ2v) is 3.10. The van der Waals surface area contributed by atoms with Gasteiger partial charge in [0.15, 0.2) is 0 Å². The van der Waals surface area contributed by atoms with Gasteiger partial charge in [-0.15, -0.1) is 0 Å². The summed E-state index contributed by atoms with van der Waals surface area (Å²) >= 11 is 0. The van der Waals surface area contributed by atoms with Crippen LogP contribution in [0, 0.1) is 6.92 Å². The van der Waals surface area contributed by atoms with E-state index in [0.717, 1.165) is 23.7 Å². The molecule has 0 radical (unpaired) electrons. The Morgan fingerprint density at radius 3 is 3.33 bits per heavy atom. The zero-order valence-corrected chi connectivity index (χ0v) is 6.83. The maximum atomic E-state index is 4.45. The van der Waals surface area contributed by atoms with Crippen molar-refractivity contribution in [2.75, 3.05) is 5.32 Å². The minimum absolute atomic E-state index is 0.909. The predicted octanol–water partition coefficient (Wildman–Crippen LogP) is 1.57. The first-order valence-corrected chi connectivity index (χ1v) is 4.07. The smallest absolute Gasteiger partial charge is 0.138 e. The van der Waals surface area contributed by atoms with Gasteiger partial charge < -0.3 is 5.32 Å². The largest absolute Gasteiger partial charge is 0.365 e. The molecule has 1 aliphatic heterocycles. The molecule has 0 saturated carbocycles. The predicted molar refractivity (Wildman–Crippen MR) is 47.3 cm³/mol. The number of hydrogen-bond donors (Lipinski definition) is 1. The lowest BCUT2D eigenvalue weighted by Gasteiger charge is -1.96. The Hall–Kier alpha value is -1.51. The highest BCUT2D eigenvalue weighted by atomic mass is 15.2. The Bertz CT molecular complexity index is 456. The summed E-state index contributed by atoms with van der Waals surface area (Å²) in [6, 6.07) is 6.14. The molecule has 1 N–H and O–H groups in total. The van der Waals surface area contributed by atoms with E-state index in [0.29, 0.717) is 0 Å². The van der Waals surface area contributed by atoms with Crippen molar-refractivity contribution in [3.63, 3.8) is 0 Å². The third-order valence-electron chi connectivity index (χ3n) is 2.38. The molecular formula is C9H9N3. The van der Waals surface area contributed by atoms with Gasteiger partial charge in [-0.3, -0.25) is 4.40 Å². The molecule has 0 unspecified atom stereocenters. The summed E-state index contributed by atoms with van der Waals surface area (Å²) in [4.78, 5) is 4.45. The molecule has 0 fully saturated rings. The first kappa shape index (κ1) is 6.06. The Kier molecular flexibility index (Phi) is 0.909. The summed E-state index contributed by atoms with van der Waals surface area (Å²) in [7, 11) is 0. The van der Waals surface area contributed by atoms with E-state index in [1.54, 1.807) is 0 Å². The van der Waals surface area contributed by atoms with Crippen molar-refractivity contribution in [1.29, 1.82) is 0 Å². The Morgan fingerprint density at radius 2 is 2.42 bits per heavy atom. The number of nitrogens with zero attached hydrogens (tertiary/aromatic N) is 2. The van der Waals surface area contributed by atoms with Crippen LogP contribution in [-0.2, 0) is 6.54 Å². The first-order chi connectivity index (χ1) is 5.86. The van der Waals surface area contributed by atoms with Crippen molar-refractivity contribution >= 4 is 11.5 Å². The van der Waals surface area contributed by atoms with E-state index in [2.05, 4.69) is 27.7 Å². The van der Waals surface area contributed by atoms with Crippen LogP contribution in [0.15, 0.2) is 18.2 Å². The third-order valence-corrected chi connectivity index (χ3v) is 2.38. The molecule has 3 nitrogen and oxygen atoms in total. The topological polar surface area (TPSA) is 29.3 Å². The number of pyridine rings is 1. The van der Waals surface area contributed by atoms with Gasteiger partial charge in [0.25, 0.3) is 0 Å². The molecule has 2 aromatic rings. The summed E-state index contributed by atoms with van der Waals surface area (Å²) in [5.41, 5.74) is 3.47. The molecule has 0 bridgehead atoms. The Balaban J connectivity index is 2.59. The molecule has 3 rings (SSSR count). The zero-order valence-electron chi connectivity index (χ0n) is 6.83. The molecular weight excluding hydrogens is 150 g/mol. The number of aryl methyl sites for hydroxylation is 1. The highest BCUT2D eigenvalue weighted by Gasteiger charge is 2.16. The number of imidazole rings is 1. The van der Waals surface area contributed by atoms with Gasteiger partial charge in [-0.25, -0.2) is 4.98 Å². The fourth-order valence-corrected chi connectivity index (χ4v) is 1.79. The van der Waals surface area contributed by atoms with Gasteiger partial charge >= 0.3 is 0 Å². The van der Waals surface area contributed by atoms with Crippen LogP contribution in [0.5, 0.6) is 0 Å². The minimum Gasteiger partial charge on any atom is -0.365 e. The van der Waals surface area contributed by atoms with E-state index in [-0.39, 0.29) is 0 Å². The fraction of sp³-hybridized carbons (Fsp3) is 0.222. The summed E-state index contributed by atoms with van der Waals surface area (Å²) in [6.45, 7) is 2.96. The highest BCUT2D eigenvalue weighted by molar-refractivity contribution is 5.57. The van der Waals surface area contributed by atoms with Crippen molar-refractivity contribution in [3.05, 3.63) is 29.6 Å². The standard InChI is InChI=1S/C9H9N3/c1-6-7-5-10-8-3-2-4-9(11-6)12(7)8/h2-4,10H,5H2,1H3. The van der Waals surface area contributed by atoms with Crippen LogP contribution in [0.25, 0.3) is 5.65 Å². The van der Waals surface area contributed by atoms with Crippen LogP contribution in [0.2, 0.25) is 0 Å². The molecule has 3 heterocycles. The monoisotopic (exact) mass is 159 g/mol. The van der Waals surface area contributed by atoms with Crippen LogP contribution in [-0.4, -0.2) is 9.38 Å². The third kappa shape index (κ3) is 0.548. The number of anilines is 1. The average molecular weight is 159 g/mol. The summed E-state index contributed by atoms with van der Waals surface area (Å²) in [5, 5.41) is 3.32. The molecule has 2 aromatic heterocycles. The number of hydrogen-bond acceptors (Lipinski definition) is 2. The van der Waals surface area contributed by atoms with E-state index < -0.39 is 0 Å². The SMILES string of the molecule is Cc1nc2cccc3n2c1CN3. The second-order valence-electron chi connectivity index (χ2n) is 3.10. The Morgan fingerprint density at radius 1 is 1.50 bits per heavy atom. The fourth-order valence-electron chi connectivity index (χ4n) is 1.79. The summed E-state index contributed by atoms with van der Waals surface area (Å²) in [5.74, 6) is 1.16. The maximum absolute atomic E-state index is 4.45. The van der Waals surface area contributed by atoms with Gasteiger partial charge in [0.1, 0.15) is 11.5 Å². The van der Waals surface area contributed by atoms with Crippen LogP contribution in [0.1, 0.15) is 11.4 Å². The van der Waals surface area contributed by atoms with E-state index in [4.69, 9.17) is 0 Å². The molecule has 0 aliphatic carbocycles. The van der Waals surface area contributed by atoms with Gasteiger partial charge in [0, 0.05) is 0 Å². The van der Waals surface area contributed by atoms with Gasteiger partial charge in [0.05, 0.1) is 17.9 Å². The highest BCUT2D eigenvalue weighted by Crippen LogP contribution is 2.23. The lowest BCUT2D eigenvalue weighted by atomic mass is 10.3. The van der Waals surface area contributed by atoms with Crippen molar-refractivity contribution in [1.82, 2.24) is 9.38 Å². The molecule has 12 heavy (non-hydrogen) atoms. The van der Waals surface area contributed by atoms with Crippen molar-refractivity contribution in [2.45, 2.75) is 13.5 Å². The van der Waals surface area contributed by atoms with E-state index in [1.807, 2.05) is 12.1 Å². The van der Waals surface area contributed by atoms with Gasteiger partial charge in [0.2, 0.25) is 0 Å². The van der Waals surface area contributed by atoms with E-state index in [9.17, 15) is 0 Å². The van der Waals surface area contributed by atoms with Crippen LogP contribution in [0.3, 0.4) is 0 Å². The molecule has 3 heteroatoms. The first-order valence-electron chi connectivity index (χ1n) is 4.07. The van der Waals surface area contributed by atoms with Crippen molar-refractivity contribution in [3.8, 4) is 0 Å². The van der Waals surface area contributed by atoms with E-state index >= 15 is 0 Å². The molecule has 0 spiro atoms. The number of rotatable bonds is 0. The molecule has 1 aliphatic rings. The summed E-state index contributed by atoms with van der Waals surface area (Å²) in [6.07, 6.45) is 0. The number of nitrogens with one attached hydrogen (secondary N) is 1. The van der Waals surface area contributed by atoms with Crippen LogP contribution >= 0.6 is 0 Å². The summed E-state index contributed by atoms with van der Waals surface area (Å²) < 4.78 is 2.18. The maximum Gasteiger partial charge on any atom is 0.138 e. The Labute approximate surface area is 70.0 Å². The van der Waals surface area contributed by atoms with Crippen molar-refractivity contribution < 1.29 is 0 Å².